The SMILES string of the molecule is Nc1ccc(Br)c(N2CCOC2=O)c1. The van der Waals surface area contributed by atoms with E-state index in [0.717, 1.165) is 10.2 Å². The number of rotatable bonds is 1. The normalized spacial score (nSPS) is 15.8. The lowest BCUT2D eigenvalue weighted by Gasteiger charge is -2.14. The predicted molar refractivity (Wildman–Crippen MR) is 57.2 cm³/mol. The van der Waals surface area contributed by atoms with Crippen molar-refractivity contribution in [2.75, 3.05) is 23.8 Å². The molecule has 74 valence electrons. The summed E-state index contributed by atoms with van der Waals surface area (Å²) in [7, 11) is 0. The molecule has 1 aromatic rings. The second-order valence-electron chi connectivity index (χ2n) is 2.98. The molecule has 1 fully saturated rings. The number of nitrogen functional groups attached to an aromatic ring is 1. The Morgan fingerprint density at radius 2 is 2.29 bits per heavy atom. The third kappa shape index (κ3) is 1.55. The van der Waals surface area contributed by atoms with Crippen molar-refractivity contribution in [3.05, 3.63) is 22.7 Å². The molecule has 1 amide bonds. The van der Waals surface area contributed by atoms with Gasteiger partial charge in [0.15, 0.2) is 0 Å². The second-order valence-corrected chi connectivity index (χ2v) is 3.83. The summed E-state index contributed by atoms with van der Waals surface area (Å²) in [6.07, 6.45) is -0.323. The Balaban J connectivity index is 2.39. The van der Waals surface area contributed by atoms with Gasteiger partial charge in [-0.3, -0.25) is 4.90 Å². The summed E-state index contributed by atoms with van der Waals surface area (Å²) >= 11 is 3.36. The monoisotopic (exact) mass is 256 g/mol. The van der Waals surface area contributed by atoms with Gasteiger partial charge < -0.3 is 10.5 Å². The van der Waals surface area contributed by atoms with Crippen molar-refractivity contribution in [2.45, 2.75) is 0 Å². The van der Waals surface area contributed by atoms with Crippen LogP contribution >= 0.6 is 15.9 Å². The fraction of sp³-hybridized carbons (Fsp3) is 0.222. The molecule has 1 heterocycles. The Hall–Kier alpha value is -1.23. The summed E-state index contributed by atoms with van der Waals surface area (Å²) in [5.41, 5.74) is 7.03. The van der Waals surface area contributed by atoms with Crippen molar-refractivity contribution in [2.24, 2.45) is 0 Å². The summed E-state index contributed by atoms with van der Waals surface area (Å²) in [4.78, 5) is 12.8. The number of carbonyl (C=O) groups is 1. The molecule has 0 bridgehead atoms. The van der Waals surface area contributed by atoms with Crippen LogP contribution in [0.5, 0.6) is 0 Å². The van der Waals surface area contributed by atoms with Gasteiger partial charge in [0.25, 0.3) is 0 Å². The molecule has 1 aliphatic heterocycles. The van der Waals surface area contributed by atoms with Gasteiger partial charge in [0.2, 0.25) is 0 Å². The van der Waals surface area contributed by atoms with Crippen molar-refractivity contribution in [1.82, 2.24) is 0 Å². The van der Waals surface area contributed by atoms with E-state index in [4.69, 9.17) is 10.5 Å². The average Bonchev–Trinajstić information content (AvgIpc) is 2.56. The van der Waals surface area contributed by atoms with Crippen LogP contribution in [-0.2, 0) is 4.74 Å². The molecule has 2 N–H and O–H groups in total. The molecule has 0 atom stereocenters. The summed E-state index contributed by atoms with van der Waals surface area (Å²) in [6.45, 7) is 1.00. The molecule has 0 saturated carbocycles. The number of nitrogens with zero attached hydrogens (tertiary/aromatic N) is 1. The number of ether oxygens (including phenoxy) is 1. The van der Waals surface area contributed by atoms with Crippen molar-refractivity contribution >= 4 is 33.4 Å². The van der Waals surface area contributed by atoms with E-state index < -0.39 is 0 Å². The summed E-state index contributed by atoms with van der Waals surface area (Å²) in [5.74, 6) is 0. The van der Waals surface area contributed by atoms with Gasteiger partial charge in [0, 0.05) is 10.2 Å². The third-order valence-electron chi connectivity index (χ3n) is 2.02. The maximum Gasteiger partial charge on any atom is 0.414 e. The van der Waals surface area contributed by atoms with Crippen molar-refractivity contribution in [3.8, 4) is 0 Å². The largest absolute Gasteiger partial charge is 0.447 e. The number of hydrogen-bond donors (Lipinski definition) is 1. The van der Waals surface area contributed by atoms with E-state index in [1.54, 1.807) is 17.0 Å². The van der Waals surface area contributed by atoms with Crippen LogP contribution in [0.1, 0.15) is 0 Å². The number of cyclic esters (lactones) is 1. The zero-order chi connectivity index (χ0) is 10.1. The van der Waals surface area contributed by atoms with E-state index in [2.05, 4.69) is 15.9 Å². The first-order valence-electron chi connectivity index (χ1n) is 4.18. The topological polar surface area (TPSA) is 55.6 Å². The molecule has 0 aromatic heterocycles. The van der Waals surface area contributed by atoms with E-state index in [1.165, 1.54) is 0 Å². The maximum atomic E-state index is 11.3. The molecule has 0 radical (unpaired) electrons. The number of halogens is 1. The van der Waals surface area contributed by atoms with E-state index in [-0.39, 0.29) is 6.09 Å². The van der Waals surface area contributed by atoms with E-state index >= 15 is 0 Å². The minimum Gasteiger partial charge on any atom is -0.447 e. The first-order valence-corrected chi connectivity index (χ1v) is 4.97. The molecule has 2 rings (SSSR count). The fourth-order valence-corrected chi connectivity index (χ4v) is 1.81. The highest BCUT2D eigenvalue weighted by Gasteiger charge is 2.25. The summed E-state index contributed by atoms with van der Waals surface area (Å²) in [5, 5.41) is 0. The number of benzene rings is 1. The lowest BCUT2D eigenvalue weighted by molar-refractivity contribution is 0.181. The van der Waals surface area contributed by atoms with Crippen LogP contribution in [0.4, 0.5) is 16.2 Å². The molecule has 0 aliphatic carbocycles. The average molecular weight is 257 g/mol. The minimum atomic E-state index is -0.323. The third-order valence-corrected chi connectivity index (χ3v) is 2.69. The Bertz CT molecular complexity index is 381. The van der Waals surface area contributed by atoms with Crippen molar-refractivity contribution < 1.29 is 9.53 Å². The Morgan fingerprint density at radius 1 is 1.50 bits per heavy atom. The van der Waals surface area contributed by atoms with E-state index in [1.807, 2.05) is 6.07 Å². The van der Waals surface area contributed by atoms with Crippen LogP contribution in [0.2, 0.25) is 0 Å². The van der Waals surface area contributed by atoms with Crippen molar-refractivity contribution in [1.29, 1.82) is 0 Å². The number of nitrogens with two attached hydrogens (primary N) is 1. The Kier molecular flexibility index (Phi) is 2.33. The lowest BCUT2D eigenvalue weighted by atomic mass is 10.2. The highest BCUT2D eigenvalue weighted by molar-refractivity contribution is 9.10. The van der Waals surface area contributed by atoms with Crippen LogP contribution in [0, 0.1) is 0 Å². The highest BCUT2D eigenvalue weighted by Crippen LogP contribution is 2.30. The van der Waals surface area contributed by atoms with Crippen molar-refractivity contribution in [3.63, 3.8) is 0 Å². The number of anilines is 2. The minimum absolute atomic E-state index is 0.323. The van der Waals surface area contributed by atoms with Gasteiger partial charge in [-0.1, -0.05) is 0 Å². The molecule has 1 aromatic carbocycles. The second kappa shape index (κ2) is 3.49. The highest BCUT2D eigenvalue weighted by atomic mass is 79.9. The molecule has 5 heteroatoms. The fourth-order valence-electron chi connectivity index (χ4n) is 1.35. The quantitative estimate of drug-likeness (QED) is 0.782. The zero-order valence-corrected chi connectivity index (χ0v) is 8.95. The molecular weight excluding hydrogens is 248 g/mol. The predicted octanol–water partition coefficient (Wildman–Crippen LogP) is 1.99. The van der Waals surface area contributed by atoms with Crippen LogP contribution in [0.15, 0.2) is 22.7 Å². The summed E-state index contributed by atoms with van der Waals surface area (Å²) < 4.78 is 5.68. The lowest BCUT2D eigenvalue weighted by Crippen LogP contribution is -2.23. The van der Waals surface area contributed by atoms with Gasteiger partial charge in [-0.15, -0.1) is 0 Å². The van der Waals surface area contributed by atoms with E-state index in [9.17, 15) is 4.79 Å². The molecular formula is C9H9BrN2O2. The number of amides is 1. The van der Waals surface area contributed by atoms with Gasteiger partial charge in [-0.2, -0.15) is 0 Å². The summed E-state index contributed by atoms with van der Waals surface area (Å²) in [6, 6.07) is 5.34. The van der Waals surface area contributed by atoms with E-state index in [0.29, 0.717) is 18.8 Å². The Labute approximate surface area is 89.8 Å². The number of hydrogen-bond acceptors (Lipinski definition) is 3. The van der Waals surface area contributed by atoms with Crippen LogP contribution in [-0.4, -0.2) is 19.2 Å². The molecule has 1 aliphatic rings. The zero-order valence-electron chi connectivity index (χ0n) is 7.37. The van der Waals surface area contributed by atoms with Crippen LogP contribution in [0.25, 0.3) is 0 Å². The van der Waals surface area contributed by atoms with Crippen LogP contribution in [0.3, 0.4) is 0 Å². The van der Waals surface area contributed by atoms with Crippen LogP contribution < -0.4 is 10.6 Å². The van der Waals surface area contributed by atoms with Gasteiger partial charge >= 0.3 is 6.09 Å². The smallest absolute Gasteiger partial charge is 0.414 e. The van der Waals surface area contributed by atoms with Gasteiger partial charge in [0.05, 0.1) is 12.2 Å². The Morgan fingerprint density at radius 3 is 2.93 bits per heavy atom. The first kappa shape index (κ1) is 9.33. The molecule has 0 unspecified atom stereocenters. The maximum absolute atomic E-state index is 11.3. The van der Waals surface area contributed by atoms with Gasteiger partial charge in [-0.05, 0) is 34.1 Å². The first-order chi connectivity index (χ1) is 6.68. The standard InChI is InChI=1S/C9H9BrN2O2/c10-7-2-1-6(11)5-8(7)12-3-4-14-9(12)13/h1-2,5H,3-4,11H2. The van der Waals surface area contributed by atoms with Gasteiger partial charge in [0.1, 0.15) is 6.61 Å². The molecule has 1 saturated heterocycles. The molecule has 4 nitrogen and oxygen atoms in total. The van der Waals surface area contributed by atoms with Gasteiger partial charge in [-0.25, -0.2) is 4.79 Å². The molecule has 0 spiro atoms. The number of carbonyl (C=O) groups excluding carboxylic acids is 1. The molecule has 14 heavy (non-hydrogen) atoms.